The molecule has 0 fully saturated rings. The Morgan fingerprint density at radius 2 is 2.10 bits per heavy atom. The predicted octanol–water partition coefficient (Wildman–Crippen LogP) is 3.55. The third-order valence-electron chi connectivity index (χ3n) is 4.22. The highest BCUT2D eigenvalue weighted by atomic mass is 19.4. The van der Waals surface area contributed by atoms with Gasteiger partial charge in [-0.05, 0) is 36.8 Å². The first-order valence-electron chi connectivity index (χ1n) is 8.96. The molecule has 3 aromatic rings. The molecule has 2 aromatic heterocycles. The Balaban J connectivity index is 1.53. The number of aliphatic imine (C=N–C) groups is 1. The fraction of sp³-hybridized carbons (Fsp3) is 0.316. The van der Waals surface area contributed by atoms with Crippen LogP contribution in [0.3, 0.4) is 0 Å². The molecule has 0 saturated carbocycles. The Morgan fingerprint density at radius 1 is 1.28 bits per heavy atom. The number of benzene rings is 1. The number of aromatic nitrogens is 3. The molecular weight excluding hydrogens is 385 g/mol. The van der Waals surface area contributed by atoms with Gasteiger partial charge in [-0.1, -0.05) is 12.1 Å². The normalized spacial score (nSPS) is 13.3. The summed E-state index contributed by atoms with van der Waals surface area (Å²) in [4.78, 5) is 8.46. The summed E-state index contributed by atoms with van der Waals surface area (Å²) in [6, 6.07) is 8.39. The molecule has 2 heterocycles. The molecule has 0 amide bonds. The largest absolute Gasteiger partial charge is 0.461 e. The summed E-state index contributed by atoms with van der Waals surface area (Å²) in [5, 5.41) is 13.1. The lowest BCUT2D eigenvalue weighted by atomic mass is 10.1. The minimum atomic E-state index is -4.37. The summed E-state index contributed by atoms with van der Waals surface area (Å²) < 4.78 is 44.0. The summed E-state index contributed by atoms with van der Waals surface area (Å²) in [5.41, 5.74) is -0.162. The van der Waals surface area contributed by atoms with E-state index >= 15 is 0 Å². The van der Waals surface area contributed by atoms with Gasteiger partial charge in [0, 0.05) is 20.0 Å². The summed E-state index contributed by atoms with van der Waals surface area (Å²) in [6.45, 7) is 2.27. The Bertz CT molecular complexity index is 949. The third kappa shape index (κ3) is 5.37. The number of rotatable bonds is 6. The van der Waals surface area contributed by atoms with E-state index in [2.05, 4.69) is 30.8 Å². The van der Waals surface area contributed by atoms with E-state index in [0.717, 1.165) is 12.1 Å². The van der Waals surface area contributed by atoms with Crippen LogP contribution in [0.15, 0.2) is 52.1 Å². The van der Waals surface area contributed by atoms with Crippen LogP contribution in [-0.4, -0.2) is 34.7 Å². The molecule has 0 aliphatic heterocycles. The van der Waals surface area contributed by atoms with E-state index in [1.807, 2.05) is 0 Å². The number of hydrogen-bond acceptors (Lipinski definition) is 4. The average Bonchev–Trinajstić information content (AvgIpc) is 3.38. The van der Waals surface area contributed by atoms with E-state index in [0.29, 0.717) is 41.9 Å². The molecule has 1 unspecified atom stereocenters. The number of halogens is 3. The van der Waals surface area contributed by atoms with Gasteiger partial charge in [-0.3, -0.25) is 10.1 Å². The monoisotopic (exact) mass is 406 g/mol. The van der Waals surface area contributed by atoms with Crippen molar-refractivity contribution >= 4 is 5.96 Å². The van der Waals surface area contributed by atoms with Crippen LogP contribution < -0.4 is 10.6 Å². The van der Waals surface area contributed by atoms with E-state index in [1.54, 1.807) is 38.4 Å². The van der Waals surface area contributed by atoms with Crippen molar-refractivity contribution in [2.24, 2.45) is 4.99 Å². The van der Waals surface area contributed by atoms with E-state index < -0.39 is 11.7 Å². The van der Waals surface area contributed by atoms with E-state index in [1.165, 1.54) is 6.07 Å². The molecule has 0 aliphatic carbocycles. The maximum Gasteiger partial charge on any atom is 0.416 e. The zero-order valence-corrected chi connectivity index (χ0v) is 15.9. The third-order valence-corrected chi connectivity index (χ3v) is 4.22. The molecule has 29 heavy (non-hydrogen) atoms. The number of nitrogens with zero attached hydrogens (tertiary/aromatic N) is 3. The van der Waals surface area contributed by atoms with Crippen molar-refractivity contribution in [1.82, 2.24) is 25.8 Å². The highest BCUT2D eigenvalue weighted by molar-refractivity contribution is 5.80. The number of hydrogen-bond donors (Lipinski definition) is 3. The van der Waals surface area contributed by atoms with Gasteiger partial charge in [0.2, 0.25) is 5.82 Å². The molecule has 3 rings (SSSR count). The standard InChI is InChI=1S/C19H21F3N6O/c1-12(13-5-3-6-14(11-13)19(20,21)22)25-18(23-2)24-9-8-16-26-17(28-27-16)15-7-4-10-29-15/h3-7,10-12H,8-9H2,1-2H3,(H2,23,24,25)(H,26,27,28). The topological polar surface area (TPSA) is 91.1 Å². The van der Waals surface area contributed by atoms with Gasteiger partial charge in [0.1, 0.15) is 5.82 Å². The highest BCUT2D eigenvalue weighted by Crippen LogP contribution is 2.30. The second-order valence-electron chi connectivity index (χ2n) is 6.32. The molecule has 1 aromatic carbocycles. The van der Waals surface area contributed by atoms with E-state index in [4.69, 9.17) is 4.42 Å². The van der Waals surface area contributed by atoms with Crippen LogP contribution in [0.2, 0.25) is 0 Å². The van der Waals surface area contributed by atoms with Crippen molar-refractivity contribution in [3.8, 4) is 11.6 Å². The number of H-pyrrole nitrogens is 1. The smallest absolute Gasteiger partial charge is 0.416 e. The predicted molar refractivity (Wildman–Crippen MR) is 102 cm³/mol. The van der Waals surface area contributed by atoms with Crippen LogP contribution >= 0.6 is 0 Å². The lowest BCUT2D eigenvalue weighted by molar-refractivity contribution is -0.137. The molecule has 1 atom stereocenters. The Kier molecular flexibility index (Phi) is 6.20. The van der Waals surface area contributed by atoms with Crippen LogP contribution in [-0.2, 0) is 12.6 Å². The summed E-state index contributed by atoms with van der Waals surface area (Å²) >= 11 is 0. The molecule has 0 aliphatic rings. The van der Waals surface area contributed by atoms with Gasteiger partial charge in [0.15, 0.2) is 11.7 Å². The number of guanidine groups is 1. The maximum atomic E-state index is 12.9. The molecule has 3 N–H and O–H groups in total. The second kappa shape index (κ2) is 8.80. The Morgan fingerprint density at radius 3 is 2.79 bits per heavy atom. The average molecular weight is 406 g/mol. The van der Waals surface area contributed by atoms with Crippen LogP contribution in [0.25, 0.3) is 11.6 Å². The Labute approximate surface area is 165 Å². The maximum absolute atomic E-state index is 12.9. The van der Waals surface area contributed by atoms with Crippen molar-refractivity contribution in [2.75, 3.05) is 13.6 Å². The van der Waals surface area contributed by atoms with Crippen molar-refractivity contribution in [1.29, 1.82) is 0 Å². The molecular formula is C19H21F3N6O. The molecule has 0 radical (unpaired) electrons. The SMILES string of the molecule is CN=C(NCCc1nc(-c2ccco2)n[nH]1)NC(C)c1cccc(C(F)(F)F)c1. The van der Waals surface area contributed by atoms with Crippen LogP contribution in [0.4, 0.5) is 13.2 Å². The summed E-state index contributed by atoms with van der Waals surface area (Å²) in [5.74, 6) is 2.20. The Hall–Kier alpha value is -3.30. The summed E-state index contributed by atoms with van der Waals surface area (Å²) in [6.07, 6.45) is -2.28. The lowest BCUT2D eigenvalue weighted by Gasteiger charge is -2.19. The lowest BCUT2D eigenvalue weighted by Crippen LogP contribution is -2.39. The number of nitrogens with one attached hydrogen (secondary N) is 3. The van der Waals surface area contributed by atoms with Crippen LogP contribution in [0.1, 0.15) is 29.9 Å². The number of alkyl halides is 3. The first-order valence-corrected chi connectivity index (χ1v) is 8.96. The minimum absolute atomic E-state index is 0.362. The van der Waals surface area contributed by atoms with E-state index in [9.17, 15) is 13.2 Å². The first kappa shape index (κ1) is 20.4. The molecule has 0 spiro atoms. The van der Waals surface area contributed by atoms with Gasteiger partial charge < -0.3 is 15.1 Å². The van der Waals surface area contributed by atoms with Crippen LogP contribution in [0.5, 0.6) is 0 Å². The number of aromatic amines is 1. The minimum Gasteiger partial charge on any atom is -0.461 e. The van der Waals surface area contributed by atoms with Gasteiger partial charge in [-0.15, -0.1) is 0 Å². The van der Waals surface area contributed by atoms with Gasteiger partial charge in [0.05, 0.1) is 17.9 Å². The van der Waals surface area contributed by atoms with Gasteiger partial charge >= 0.3 is 6.18 Å². The quantitative estimate of drug-likeness (QED) is 0.430. The molecule has 10 heteroatoms. The molecule has 7 nitrogen and oxygen atoms in total. The van der Waals surface area contributed by atoms with Gasteiger partial charge in [-0.2, -0.15) is 18.3 Å². The van der Waals surface area contributed by atoms with Crippen molar-refractivity contribution < 1.29 is 17.6 Å². The second-order valence-corrected chi connectivity index (χ2v) is 6.32. The van der Waals surface area contributed by atoms with Gasteiger partial charge in [-0.25, -0.2) is 4.98 Å². The fourth-order valence-corrected chi connectivity index (χ4v) is 2.69. The molecule has 154 valence electrons. The highest BCUT2D eigenvalue weighted by Gasteiger charge is 2.30. The van der Waals surface area contributed by atoms with Crippen LogP contribution in [0, 0.1) is 0 Å². The van der Waals surface area contributed by atoms with Crippen molar-refractivity contribution in [3.63, 3.8) is 0 Å². The molecule has 0 saturated heterocycles. The van der Waals surface area contributed by atoms with E-state index in [-0.39, 0.29) is 6.04 Å². The molecule has 0 bridgehead atoms. The zero-order chi connectivity index (χ0) is 20.9. The fourth-order valence-electron chi connectivity index (χ4n) is 2.69. The number of furan rings is 1. The van der Waals surface area contributed by atoms with Crippen molar-refractivity contribution in [2.45, 2.75) is 25.6 Å². The zero-order valence-electron chi connectivity index (χ0n) is 15.9. The van der Waals surface area contributed by atoms with Crippen molar-refractivity contribution in [3.05, 3.63) is 59.6 Å². The van der Waals surface area contributed by atoms with Gasteiger partial charge in [0.25, 0.3) is 0 Å². The first-order chi connectivity index (χ1) is 13.9. The summed E-state index contributed by atoms with van der Waals surface area (Å²) in [7, 11) is 1.59.